The summed E-state index contributed by atoms with van der Waals surface area (Å²) in [5.41, 5.74) is 7.56. The monoisotopic (exact) mass is 331 g/mol. The summed E-state index contributed by atoms with van der Waals surface area (Å²) in [5.74, 6) is 0.141. The molecule has 1 unspecified atom stereocenters. The lowest BCUT2D eigenvalue weighted by molar-refractivity contribution is -0.119. The van der Waals surface area contributed by atoms with E-state index in [1.165, 1.54) is 0 Å². The Morgan fingerprint density at radius 3 is 3.00 bits per heavy atom. The lowest BCUT2D eigenvalue weighted by Crippen LogP contribution is -2.31. The van der Waals surface area contributed by atoms with E-state index in [4.69, 9.17) is 5.73 Å². The summed E-state index contributed by atoms with van der Waals surface area (Å²) in [4.78, 5) is 11.0. The van der Waals surface area contributed by atoms with Crippen LogP contribution in [0, 0.1) is 3.57 Å². The number of nitrogen functional groups attached to an aromatic ring is 1. The van der Waals surface area contributed by atoms with E-state index in [0.717, 1.165) is 27.9 Å². The Kier molecular flexibility index (Phi) is 3.52. The predicted octanol–water partition coefficient (Wildman–Crippen LogP) is 1.56. The molecule has 4 nitrogen and oxygen atoms in total. The van der Waals surface area contributed by atoms with Crippen LogP contribution in [0.4, 0.5) is 11.4 Å². The molecule has 0 saturated carbocycles. The second kappa shape index (κ2) is 4.90. The van der Waals surface area contributed by atoms with Crippen LogP contribution in [0.2, 0.25) is 0 Å². The van der Waals surface area contributed by atoms with E-state index >= 15 is 0 Å². The number of nitrogens with one attached hydrogen (secondary N) is 2. The van der Waals surface area contributed by atoms with E-state index in [1.54, 1.807) is 0 Å². The summed E-state index contributed by atoms with van der Waals surface area (Å²) >= 11 is 2.23. The zero-order valence-corrected chi connectivity index (χ0v) is 11.0. The lowest BCUT2D eigenvalue weighted by Gasteiger charge is -2.14. The number of hydrogen-bond donors (Lipinski definition) is 3. The first-order valence-electron chi connectivity index (χ1n) is 5.23. The molecule has 1 aromatic carbocycles. The van der Waals surface area contributed by atoms with Gasteiger partial charge in [0.25, 0.3) is 0 Å². The van der Waals surface area contributed by atoms with Crippen molar-refractivity contribution in [3.8, 4) is 0 Å². The van der Waals surface area contributed by atoms with Crippen molar-refractivity contribution in [2.45, 2.75) is 18.9 Å². The summed E-state index contributed by atoms with van der Waals surface area (Å²) < 4.78 is 1.12. The molecule has 4 N–H and O–H groups in total. The second-order valence-electron chi connectivity index (χ2n) is 3.92. The van der Waals surface area contributed by atoms with Gasteiger partial charge in [-0.25, -0.2) is 0 Å². The normalized spacial score (nSPS) is 19.6. The summed E-state index contributed by atoms with van der Waals surface area (Å²) in [6.45, 7) is 0.733. The van der Waals surface area contributed by atoms with Crippen LogP contribution in [0.25, 0.3) is 0 Å². The molecule has 1 aliphatic heterocycles. The van der Waals surface area contributed by atoms with Gasteiger partial charge in [-0.2, -0.15) is 0 Å². The van der Waals surface area contributed by atoms with Gasteiger partial charge in [-0.15, -0.1) is 0 Å². The highest BCUT2D eigenvalue weighted by Crippen LogP contribution is 2.21. The Labute approximate surface area is 108 Å². The largest absolute Gasteiger partial charge is 0.397 e. The Hall–Kier alpha value is -0.980. The number of rotatable bonds is 3. The zero-order valence-electron chi connectivity index (χ0n) is 8.79. The molecule has 0 radical (unpaired) electrons. The number of benzene rings is 1. The van der Waals surface area contributed by atoms with Gasteiger partial charge < -0.3 is 16.4 Å². The fraction of sp³-hybridized carbons (Fsp3) is 0.364. The maximum absolute atomic E-state index is 11.0. The minimum Gasteiger partial charge on any atom is -0.397 e. The van der Waals surface area contributed by atoms with Crippen LogP contribution >= 0.6 is 22.6 Å². The van der Waals surface area contributed by atoms with Crippen molar-refractivity contribution < 1.29 is 4.79 Å². The van der Waals surface area contributed by atoms with E-state index in [1.807, 2.05) is 18.2 Å². The Bertz CT molecular complexity index is 408. The average Bonchev–Trinajstić information content (AvgIpc) is 2.63. The van der Waals surface area contributed by atoms with Crippen molar-refractivity contribution in [1.29, 1.82) is 0 Å². The van der Waals surface area contributed by atoms with Gasteiger partial charge in [0.15, 0.2) is 0 Å². The molecule has 86 valence electrons. The van der Waals surface area contributed by atoms with Crippen LogP contribution in [-0.4, -0.2) is 18.5 Å². The van der Waals surface area contributed by atoms with Crippen molar-refractivity contribution in [2.24, 2.45) is 0 Å². The molecule has 1 saturated heterocycles. The number of carbonyl (C=O) groups excluding carboxylic acids is 1. The Balaban J connectivity index is 1.92. The molecule has 0 bridgehead atoms. The first-order valence-corrected chi connectivity index (χ1v) is 6.31. The molecule has 0 spiro atoms. The van der Waals surface area contributed by atoms with Gasteiger partial charge in [0.1, 0.15) is 0 Å². The molecule has 1 atom stereocenters. The summed E-state index contributed by atoms with van der Waals surface area (Å²) in [6, 6.07) is 6.13. The first kappa shape index (κ1) is 11.5. The standard InChI is InChI=1S/C11H14IN3O/c12-7-1-3-10(9(13)5-7)14-6-8-2-4-11(16)15-8/h1,3,5,8,14H,2,4,6,13H2,(H,15,16). The van der Waals surface area contributed by atoms with Gasteiger partial charge in [0.2, 0.25) is 5.91 Å². The van der Waals surface area contributed by atoms with Crippen LogP contribution in [0.3, 0.4) is 0 Å². The second-order valence-corrected chi connectivity index (χ2v) is 5.16. The fourth-order valence-electron chi connectivity index (χ4n) is 1.76. The highest BCUT2D eigenvalue weighted by Gasteiger charge is 2.20. The predicted molar refractivity (Wildman–Crippen MR) is 73.2 cm³/mol. The van der Waals surface area contributed by atoms with Gasteiger partial charge in [0, 0.05) is 22.6 Å². The smallest absolute Gasteiger partial charge is 0.220 e. The van der Waals surface area contributed by atoms with Crippen molar-refractivity contribution >= 4 is 39.9 Å². The van der Waals surface area contributed by atoms with Gasteiger partial charge in [-0.1, -0.05) is 0 Å². The van der Waals surface area contributed by atoms with Crippen LogP contribution < -0.4 is 16.4 Å². The molecule has 16 heavy (non-hydrogen) atoms. The number of hydrogen-bond acceptors (Lipinski definition) is 3. The van der Waals surface area contributed by atoms with Gasteiger partial charge in [-0.05, 0) is 47.2 Å². The van der Waals surface area contributed by atoms with E-state index in [0.29, 0.717) is 6.42 Å². The van der Waals surface area contributed by atoms with Crippen LogP contribution in [0.15, 0.2) is 18.2 Å². The zero-order chi connectivity index (χ0) is 11.5. The summed E-state index contributed by atoms with van der Waals surface area (Å²) in [5, 5.41) is 6.17. The van der Waals surface area contributed by atoms with Crippen molar-refractivity contribution in [1.82, 2.24) is 5.32 Å². The maximum atomic E-state index is 11.0. The average molecular weight is 331 g/mol. The van der Waals surface area contributed by atoms with E-state index in [2.05, 4.69) is 33.2 Å². The molecule has 0 aliphatic carbocycles. The number of amides is 1. The third kappa shape index (κ3) is 2.78. The number of anilines is 2. The van der Waals surface area contributed by atoms with Gasteiger partial charge >= 0.3 is 0 Å². The molecule has 1 fully saturated rings. The highest BCUT2D eigenvalue weighted by atomic mass is 127. The SMILES string of the molecule is Nc1cc(I)ccc1NCC1CCC(=O)N1. The molecule has 1 aliphatic rings. The van der Waals surface area contributed by atoms with Crippen LogP contribution in [-0.2, 0) is 4.79 Å². The third-order valence-corrected chi connectivity index (χ3v) is 3.31. The number of halogens is 1. The van der Waals surface area contributed by atoms with Gasteiger partial charge in [-0.3, -0.25) is 4.79 Å². The summed E-state index contributed by atoms with van der Waals surface area (Å²) in [7, 11) is 0. The quantitative estimate of drug-likeness (QED) is 0.582. The van der Waals surface area contributed by atoms with E-state index in [9.17, 15) is 4.79 Å². The van der Waals surface area contributed by atoms with Crippen molar-refractivity contribution in [3.05, 3.63) is 21.8 Å². The molecule has 1 heterocycles. The maximum Gasteiger partial charge on any atom is 0.220 e. The van der Waals surface area contributed by atoms with E-state index < -0.39 is 0 Å². The Morgan fingerprint density at radius 1 is 1.56 bits per heavy atom. The molecule has 1 amide bonds. The molecule has 5 heteroatoms. The topological polar surface area (TPSA) is 67.1 Å². The van der Waals surface area contributed by atoms with Crippen molar-refractivity contribution in [2.75, 3.05) is 17.6 Å². The number of carbonyl (C=O) groups is 1. The molecular weight excluding hydrogens is 317 g/mol. The first-order chi connectivity index (χ1) is 7.65. The lowest BCUT2D eigenvalue weighted by atomic mass is 10.2. The van der Waals surface area contributed by atoms with E-state index in [-0.39, 0.29) is 11.9 Å². The van der Waals surface area contributed by atoms with Crippen molar-refractivity contribution in [3.63, 3.8) is 0 Å². The fourth-order valence-corrected chi connectivity index (χ4v) is 2.27. The number of nitrogens with two attached hydrogens (primary N) is 1. The minimum absolute atomic E-state index is 0.141. The molecule has 1 aromatic rings. The van der Waals surface area contributed by atoms with Gasteiger partial charge in [0.05, 0.1) is 11.4 Å². The highest BCUT2D eigenvalue weighted by molar-refractivity contribution is 14.1. The molecular formula is C11H14IN3O. The molecule has 0 aromatic heterocycles. The third-order valence-electron chi connectivity index (χ3n) is 2.64. The summed E-state index contributed by atoms with van der Waals surface area (Å²) in [6.07, 6.45) is 1.53. The van der Waals surface area contributed by atoms with Crippen LogP contribution in [0.1, 0.15) is 12.8 Å². The Morgan fingerprint density at radius 2 is 2.38 bits per heavy atom. The minimum atomic E-state index is 0.141. The van der Waals surface area contributed by atoms with Crippen LogP contribution in [0.5, 0.6) is 0 Å². The molecule has 2 rings (SSSR count).